The molecule has 0 aromatic heterocycles. The maximum Gasteiger partial charge on any atom is 0.466 e. The molecule has 0 fully saturated rings. The molecule has 0 saturated heterocycles. The van der Waals surface area contributed by atoms with Crippen molar-refractivity contribution in [1.29, 1.82) is 0 Å². The van der Waals surface area contributed by atoms with Gasteiger partial charge in [-0.2, -0.15) is 5.21 Å². The zero-order valence-electron chi connectivity index (χ0n) is 3.37. The molecule has 42 valence electrons. The Morgan fingerprint density at radius 2 is 2.00 bits per heavy atom. The Bertz CT molecular complexity index is 82.7. The average molecular weight is 107 g/mol. The topological polar surface area (TPSA) is 112 Å². The number of carbonyl (C=O) groups excluding carboxylic acids is 1. The molecular weight excluding hydrogens is 102 g/mol. The molecule has 0 heterocycles. The fraction of sp³-hybridized carbons (Fsp3) is 0. The highest BCUT2D eigenvalue weighted by atomic mass is 16.9. The van der Waals surface area contributed by atoms with Gasteiger partial charge in [-0.25, -0.2) is 4.79 Å². The third-order valence-corrected chi connectivity index (χ3v) is 0.316. The van der Waals surface area contributed by atoms with E-state index in [0.717, 1.165) is 0 Å². The van der Waals surface area contributed by atoms with E-state index in [1.54, 1.807) is 0 Å². The first-order valence-corrected chi connectivity index (χ1v) is 1.36. The Morgan fingerprint density at radius 1 is 1.86 bits per heavy atom. The van der Waals surface area contributed by atoms with Crippen molar-refractivity contribution in [2.24, 2.45) is 11.6 Å². The molecule has 0 bridgehead atoms. The summed E-state index contributed by atoms with van der Waals surface area (Å²) >= 11 is 0. The number of rotatable bonds is 0. The molecule has 0 aliphatic heterocycles. The van der Waals surface area contributed by atoms with Gasteiger partial charge in [0.05, 0.1) is 0 Å². The Hall–Kier alpha value is -0.690. The maximum absolute atomic E-state index is 9.60. The van der Waals surface area contributed by atoms with Crippen LogP contribution in [0.3, 0.4) is 0 Å². The van der Waals surface area contributed by atoms with Crippen LogP contribution in [0.25, 0.3) is 0 Å². The monoisotopic (exact) mass is 107 g/mol. The molecular formula is CH5N3O3. The molecule has 0 aromatic rings. The van der Waals surface area contributed by atoms with Gasteiger partial charge in [0.15, 0.2) is 0 Å². The van der Waals surface area contributed by atoms with Crippen molar-refractivity contribution in [2.45, 2.75) is 0 Å². The summed E-state index contributed by atoms with van der Waals surface area (Å²) in [6, 6.07) is -1.54. The molecule has 2 amide bonds. The first-order chi connectivity index (χ1) is 2.94. The predicted molar refractivity (Wildman–Crippen MR) is 19.2 cm³/mol. The first kappa shape index (κ1) is 6.31. The van der Waals surface area contributed by atoms with Gasteiger partial charge in [-0.3, -0.25) is 0 Å². The van der Waals surface area contributed by atoms with E-state index < -0.39 is 10.9 Å². The predicted octanol–water partition coefficient (Wildman–Crippen LogP) is -1.36. The number of urea groups is 1. The number of amides is 2. The molecule has 6 heteroatoms. The van der Waals surface area contributed by atoms with Crippen LogP contribution in [0.15, 0.2) is 0 Å². The number of hydrogen-bond donors (Lipinski definition) is 3. The summed E-state index contributed by atoms with van der Waals surface area (Å²) in [5.74, 6) is 4.14. The summed E-state index contributed by atoms with van der Waals surface area (Å²) in [7, 11) is 0. The summed E-state index contributed by atoms with van der Waals surface area (Å²) in [5, 5.41) is 17.4. The molecule has 0 rings (SSSR count). The van der Waals surface area contributed by atoms with Crippen LogP contribution in [0.1, 0.15) is 0 Å². The van der Waals surface area contributed by atoms with Crippen LogP contribution in [0.5, 0.6) is 0 Å². The Kier molecular flexibility index (Phi) is 1.29. The largest absolute Gasteiger partial charge is 0.569 e. The van der Waals surface area contributed by atoms with E-state index in [1.165, 1.54) is 0 Å². The van der Waals surface area contributed by atoms with E-state index in [2.05, 4.69) is 11.6 Å². The normalized spacial score (nSPS) is 18.1. The van der Waals surface area contributed by atoms with Crippen molar-refractivity contribution >= 4 is 6.03 Å². The number of hydrogen-bond acceptors (Lipinski definition) is 4. The van der Waals surface area contributed by atoms with Gasteiger partial charge in [0.25, 0.3) is 0 Å². The Morgan fingerprint density at radius 3 is 2.00 bits per heavy atom. The van der Waals surface area contributed by atoms with Gasteiger partial charge in [-0.15, -0.1) is 5.84 Å². The standard InChI is InChI=1S/CH5N3O3/c2-1(5)4(3,6)7/h6H,3H2,(H2,2,5). The van der Waals surface area contributed by atoms with Crippen LogP contribution in [0, 0.1) is 5.21 Å². The van der Waals surface area contributed by atoms with Gasteiger partial charge in [-0.1, -0.05) is 4.92 Å². The minimum atomic E-state index is -2.56. The number of nitrogens with two attached hydrogens (primary N) is 2. The minimum absolute atomic E-state index is 1.54. The van der Waals surface area contributed by atoms with Gasteiger partial charge >= 0.3 is 6.03 Å². The van der Waals surface area contributed by atoms with Crippen molar-refractivity contribution in [1.82, 2.24) is 0 Å². The van der Waals surface area contributed by atoms with E-state index in [0.29, 0.717) is 0 Å². The number of hydroxylamine groups is 2. The lowest BCUT2D eigenvalue weighted by Crippen LogP contribution is -2.53. The van der Waals surface area contributed by atoms with E-state index in [-0.39, 0.29) is 0 Å². The quantitative estimate of drug-likeness (QED) is 0.117. The number of primary amides is 1. The van der Waals surface area contributed by atoms with E-state index in [1.807, 2.05) is 0 Å². The summed E-state index contributed by atoms with van der Waals surface area (Å²) in [5.41, 5.74) is 4.22. The highest BCUT2D eigenvalue weighted by Crippen LogP contribution is 1.80. The van der Waals surface area contributed by atoms with Crippen LogP contribution >= 0.6 is 0 Å². The summed E-state index contributed by atoms with van der Waals surface area (Å²) in [6.07, 6.45) is 0. The second-order valence-corrected chi connectivity index (χ2v) is 0.961. The van der Waals surface area contributed by atoms with Crippen molar-refractivity contribution in [2.75, 3.05) is 0 Å². The average Bonchev–Trinajstić information content (AvgIpc) is 1.31. The van der Waals surface area contributed by atoms with E-state index in [4.69, 9.17) is 5.21 Å². The van der Waals surface area contributed by atoms with Gasteiger partial charge in [0.2, 0.25) is 0 Å². The lowest BCUT2D eigenvalue weighted by atomic mass is 11.1. The van der Waals surface area contributed by atoms with Gasteiger partial charge in [0.1, 0.15) is 0 Å². The lowest BCUT2D eigenvalue weighted by molar-refractivity contribution is -1.01. The highest BCUT2D eigenvalue weighted by Gasteiger charge is 2.14. The van der Waals surface area contributed by atoms with Crippen LogP contribution in [0.4, 0.5) is 4.79 Å². The second-order valence-electron chi connectivity index (χ2n) is 0.961. The van der Waals surface area contributed by atoms with Gasteiger partial charge in [0, 0.05) is 0 Å². The third-order valence-electron chi connectivity index (χ3n) is 0.316. The van der Waals surface area contributed by atoms with Crippen molar-refractivity contribution in [3.05, 3.63) is 5.21 Å². The van der Waals surface area contributed by atoms with Crippen LogP contribution < -0.4 is 11.6 Å². The zero-order valence-corrected chi connectivity index (χ0v) is 3.37. The van der Waals surface area contributed by atoms with Crippen molar-refractivity contribution < 1.29 is 14.9 Å². The second kappa shape index (κ2) is 1.43. The number of nitrogens with zero attached hydrogens (tertiary/aromatic N) is 1. The molecule has 6 nitrogen and oxygen atoms in total. The molecule has 0 aliphatic carbocycles. The van der Waals surface area contributed by atoms with Gasteiger partial charge in [-0.05, 0) is 0 Å². The van der Waals surface area contributed by atoms with Gasteiger partial charge < -0.3 is 10.9 Å². The summed E-state index contributed by atoms with van der Waals surface area (Å²) in [4.78, 5) is 6.97. The molecule has 7 heavy (non-hydrogen) atoms. The molecule has 0 spiro atoms. The van der Waals surface area contributed by atoms with Crippen LogP contribution in [-0.2, 0) is 0 Å². The van der Waals surface area contributed by atoms with E-state index >= 15 is 0 Å². The number of carbonyl (C=O) groups is 1. The smallest absolute Gasteiger partial charge is 0.466 e. The van der Waals surface area contributed by atoms with Crippen LogP contribution in [-0.4, -0.2) is 16.2 Å². The Balaban J connectivity index is 3.79. The molecule has 5 N–H and O–H groups in total. The summed E-state index contributed by atoms with van der Waals surface area (Å²) < 4.78 is 0. The molecule has 0 aromatic carbocycles. The van der Waals surface area contributed by atoms with Crippen molar-refractivity contribution in [3.8, 4) is 0 Å². The number of quaternary nitrogens is 1. The first-order valence-electron chi connectivity index (χ1n) is 1.36. The molecule has 1 unspecified atom stereocenters. The lowest BCUT2D eigenvalue weighted by Gasteiger charge is -2.19. The third kappa shape index (κ3) is 2.06. The zero-order chi connectivity index (χ0) is 6.08. The molecule has 0 aliphatic rings. The molecule has 1 atom stereocenters. The Labute approximate surface area is 39.0 Å². The fourth-order valence-corrected chi connectivity index (χ4v) is 0. The van der Waals surface area contributed by atoms with Crippen molar-refractivity contribution in [3.63, 3.8) is 0 Å². The summed E-state index contributed by atoms with van der Waals surface area (Å²) in [6.45, 7) is 0. The highest BCUT2D eigenvalue weighted by molar-refractivity contribution is 5.63. The van der Waals surface area contributed by atoms with E-state index in [9.17, 15) is 10.0 Å². The maximum atomic E-state index is 9.60. The fourth-order valence-electron chi connectivity index (χ4n) is 0. The van der Waals surface area contributed by atoms with Crippen LogP contribution in [0.2, 0.25) is 0 Å². The SMILES string of the molecule is NC(=O)[N+](N)([O-])O. The minimum Gasteiger partial charge on any atom is -0.569 e. The molecule has 0 radical (unpaired) electrons. The molecule has 0 saturated carbocycles.